The molecule has 7 nitrogen and oxygen atoms in total. The number of aryl methyl sites for hydroxylation is 2. The van der Waals surface area contributed by atoms with E-state index in [9.17, 15) is 14.4 Å². The minimum absolute atomic E-state index is 0.0144. The first kappa shape index (κ1) is 24.3. The second kappa shape index (κ2) is 10.5. The van der Waals surface area contributed by atoms with E-state index in [4.69, 9.17) is 0 Å². The third-order valence-corrected chi connectivity index (χ3v) is 6.25. The van der Waals surface area contributed by atoms with Gasteiger partial charge >= 0.3 is 6.03 Å². The highest BCUT2D eigenvalue weighted by molar-refractivity contribution is 6.03. The van der Waals surface area contributed by atoms with Crippen LogP contribution in [0.4, 0.5) is 16.2 Å². The first-order chi connectivity index (χ1) is 15.7. The van der Waals surface area contributed by atoms with Crippen LogP contribution in [0, 0.1) is 13.8 Å². The zero-order valence-electron chi connectivity index (χ0n) is 20.1. The highest BCUT2D eigenvalue weighted by atomic mass is 16.2. The lowest BCUT2D eigenvalue weighted by Crippen LogP contribution is -2.49. The van der Waals surface area contributed by atoms with E-state index in [1.165, 1.54) is 0 Å². The molecule has 0 aromatic heterocycles. The second-order valence-corrected chi connectivity index (χ2v) is 8.96. The third-order valence-electron chi connectivity index (χ3n) is 6.25. The van der Waals surface area contributed by atoms with E-state index in [2.05, 4.69) is 16.0 Å². The van der Waals surface area contributed by atoms with E-state index in [0.717, 1.165) is 28.8 Å². The molecule has 3 rings (SSSR count). The average Bonchev–Trinajstić information content (AvgIpc) is 2.77. The second-order valence-electron chi connectivity index (χ2n) is 8.96. The molecule has 0 radical (unpaired) electrons. The van der Waals surface area contributed by atoms with Gasteiger partial charge in [0.25, 0.3) is 0 Å². The molecule has 7 heteroatoms. The molecule has 1 aliphatic rings. The van der Waals surface area contributed by atoms with Gasteiger partial charge < -0.3 is 15.5 Å². The summed E-state index contributed by atoms with van der Waals surface area (Å²) in [6.45, 7) is 9.96. The number of amides is 4. The molecule has 0 unspecified atom stereocenters. The number of fused-ring (bicyclic) bond motifs is 1. The van der Waals surface area contributed by atoms with Gasteiger partial charge in [-0.3, -0.25) is 14.9 Å². The van der Waals surface area contributed by atoms with Gasteiger partial charge in [-0.25, -0.2) is 4.79 Å². The van der Waals surface area contributed by atoms with Crippen LogP contribution in [0.1, 0.15) is 56.2 Å². The summed E-state index contributed by atoms with van der Waals surface area (Å²) in [5.74, 6) is -0.653. The van der Waals surface area contributed by atoms with Crippen LogP contribution in [0.15, 0.2) is 42.5 Å². The largest absolute Gasteiger partial charge is 0.359 e. The summed E-state index contributed by atoms with van der Waals surface area (Å²) in [6, 6.07) is 12.9. The number of nitrogens with zero attached hydrogens (tertiary/aromatic N) is 1. The number of para-hydroxylation sites is 1. The van der Waals surface area contributed by atoms with Crippen molar-refractivity contribution in [1.82, 2.24) is 10.6 Å². The summed E-state index contributed by atoms with van der Waals surface area (Å²) < 4.78 is 0. The lowest BCUT2D eigenvalue weighted by atomic mass is 9.85. The highest BCUT2D eigenvalue weighted by Gasteiger charge is 2.35. The van der Waals surface area contributed by atoms with E-state index in [1.54, 1.807) is 0 Å². The molecule has 3 atom stereocenters. The van der Waals surface area contributed by atoms with Crippen molar-refractivity contribution in [2.24, 2.45) is 0 Å². The number of imide groups is 1. The van der Waals surface area contributed by atoms with E-state index in [-0.39, 0.29) is 30.5 Å². The Labute approximate surface area is 195 Å². The maximum atomic E-state index is 12.9. The van der Waals surface area contributed by atoms with Gasteiger partial charge in [-0.2, -0.15) is 0 Å². The highest BCUT2D eigenvalue weighted by Crippen LogP contribution is 2.38. The first-order valence-electron chi connectivity index (χ1n) is 11.5. The van der Waals surface area contributed by atoms with Gasteiger partial charge in [-0.05, 0) is 63.8 Å². The molecule has 0 saturated heterocycles. The maximum absolute atomic E-state index is 12.9. The topological polar surface area (TPSA) is 90.5 Å². The summed E-state index contributed by atoms with van der Waals surface area (Å²) in [5.41, 5.74) is 4.45. The number of anilines is 2. The van der Waals surface area contributed by atoms with Crippen LogP contribution in [0.5, 0.6) is 0 Å². The SMILES string of the molecule is CC[C@H](C)NC(=O)[C@@H]1C[C@H](C)N(CC(=O)NC(=O)Nc2ccc(C)cc2C)c2ccccc21. The van der Waals surface area contributed by atoms with Gasteiger partial charge in [0.05, 0.1) is 12.5 Å². The van der Waals surface area contributed by atoms with Crippen molar-refractivity contribution in [3.05, 3.63) is 59.2 Å². The molecular weight excluding hydrogens is 416 g/mol. The summed E-state index contributed by atoms with van der Waals surface area (Å²) >= 11 is 0. The minimum Gasteiger partial charge on any atom is -0.359 e. The predicted octanol–water partition coefficient (Wildman–Crippen LogP) is 4.25. The molecule has 2 aromatic rings. The van der Waals surface area contributed by atoms with Crippen molar-refractivity contribution >= 4 is 29.2 Å². The van der Waals surface area contributed by atoms with Crippen molar-refractivity contribution in [3.8, 4) is 0 Å². The molecular formula is C26H34N4O3. The lowest BCUT2D eigenvalue weighted by Gasteiger charge is -2.40. The molecule has 1 aliphatic heterocycles. The van der Waals surface area contributed by atoms with Crippen LogP contribution < -0.4 is 20.9 Å². The fourth-order valence-corrected chi connectivity index (χ4v) is 4.24. The van der Waals surface area contributed by atoms with Crippen molar-refractivity contribution in [2.75, 3.05) is 16.8 Å². The van der Waals surface area contributed by atoms with Crippen LogP contribution in [-0.2, 0) is 9.59 Å². The van der Waals surface area contributed by atoms with E-state index >= 15 is 0 Å². The zero-order chi connectivity index (χ0) is 24.1. The maximum Gasteiger partial charge on any atom is 0.325 e. The van der Waals surface area contributed by atoms with Crippen molar-refractivity contribution in [1.29, 1.82) is 0 Å². The van der Waals surface area contributed by atoms with Gasteiger partial charge in [0.1, 0.15) is 0 Å². The van der Waals surface area contributed by atoms with Gasteiger partial charge in [0.2, 0.25) is 11.8 Å². The van der Waals surface area contributed by atoms with Crippen molar-refractivity contribution in [2.45, 2.75) is 65.5 Å². The van der Waals surface area contributed by atoms with Crippen molar-refractivity contribution in [3.63, 3.8) is 0 Å². The van der Waals surface area contributed by atoms with Crippen LogP contribution in [0.2, 0.25) is 0 Å². The molecule has 3 N–H and O–H groups in total. The fraction of sp³-hybridized carbons (Fsp3) is 0.423. The third kappa shape index (κ3) is 5.92. The molecule has 0 bridgehead atoms. The summed E-state index contributed by atoms with van der Waals surface area (Å²) in [6.07, 6.45) is 1.47. The monoisotopic (exact) mass is 450 g/mol. The van der Waals surface area contributed by atoms with Gasteiger partial charge in [0, 0.05) is 23.5 Å². The Morgan fingerprint density at radius 3 is 2.55 bits per heavy atom. The van der Waals surface area contributed by atoms with Crippen LogP contribution in [0.3, 0.4) is 0 Å². The Morgan fingerprint density at radius 2 is 1.85 bits per heavy atom. The molecule has 33 heavy (non-hydrogen) atoms. The molecule has 0 saturated carbocycles. The van der Waals surface area contributed by atoms with Crippen LogP contribution in [-0.4, -0.2) is 36.5 Å². The molecule has 176 valence electrons. The number of nitrogens with one attached hydrogen (secondary N) is 3. The van der Waals surface area contributed by atoms with Gasteiger partial charge in [0.15, 0.2) is 0 Å². The number of hydrogen-bond donors (Lipinski definition) is 3. The Hall–Kier alpha value is -3.35. The van der Waals surface area contributed by atoms with E-state index in [0.29, 0.717) is 12.1 Å². The minimum atomic E-state index is -0.560. The number of carbonyl (C=O) groups excluding carboxylic acids is 3. The Balaban J connectivity index is 1.69. The van der Waals surface area contributed by atoms with Crippen molar-refractivity contribution < 1.29 is 14.4 Å². The Morgan fingerprint density at radius 1 is 1.12 bits per heavy atom. The summed E-state index contributed by atoms with van der Waals surface area (Å²) in [7, 11) is 0. The lowest BCUT2D eigenvalue weighted by molar-refractivity contribution is -0.123. The Kier molecular flexibility index (Phi) is 7.74. The zero-order valence-corrected chi connectivity index (χ0v) is 20.1. The Bertz CT molecular complexity index is 1040. The van der Waals surface area contributed by atoms with E-state index < -0.39 is 11.9 Å². The number of urea groups is 1. The molecule has 4 amide bonds. The number of benzene rings is 2. The van der Waals surface area contributed by atoms with Crippen LogP contribution >= 0.6 is 0 Å². The number of carbonyl (C=O) groups is 3. The molecule has 0 aliphatic carbocycles. The van der Waals surface area contributed by atoms with Crippen LogP contribution in [0.25, 0.3) is 0 Å². The van der Waals surface area contributed by atoms with E-state index in [1.807, 2.05) is 82.0 Å². The normalized spacial score (nSPS) is 18.2. The average molecular weight is 451 g/mol. The molecule has 1 heterocycles. The number of rotatable bonds is 6. The van der Waals surface area contributed by atoms with Gasteiger partial charge in [-0.1, -0.05) is 42.8 Å². The first-order valence-corrected chi connectivity index (χ1v) is 11.5. The number of hydrogen-bond acceptors (Lipinski definition) is 4. The molecule has 0 fully saturated rings. The summed E-state index contributed by atoms with van der Waals surface area (Å²) in [5, 5.41) is 8.25. The smallest absolute Gasteiger partial charge is 0.325 e. The fourth-order valence-electron chi connectivity index (χ4n) is 4.24. The predicted molar refractivity (Wildman–Crippen MR) is 132 cm³/mol. The standard InChI is InChI=1S/C26H34N4O3/c1-6-18(4)27-25(32)21-14-19(5)30(23-10-8-7-9-20(21)23)15-24(31)29-26(33)28-22-12-11-16(2)13-17(22)3/h7-13,18-19,21H,6,14-15H2,1-5H3,(H,27,32)(H2,28,29,31,33)/t18-,19-,21+/m0/s1. The van der Waals surface area contributed by atoms with Gasteiger partial charge in [-0.15, -0.1) is 0 Å². The molecule has 0 spiro atoms. The molecule has 2 aromatic carbocycles. The quantitative estimate of drug-likeness (QED) is 0.614. The summed E-state index contributed by atoms with van der Waals surface area (Å²) in [4.78, 5) is 40.0.